The lowest BCUT2D eigenvalue weighted by Gasteiger charge is -2.24. The fourth-order valence-electron chi connectivity index (χ4n) is 2.15. The van der Waals surface area contributed by atoms with Crippen LogP contribution in [0.4, 0.5) is 0 Å². The molecule has 1 aliphatic rings. The van der Waals surface area contributed by atoms with Crippen LogP contribution in [0, 0.1) is 0 Å². The molecule has 1 aromatic rings. The smallest absolute Gasteiger partial charge is 0.0897 e. The average Bonchev–Trinajstić information content (AvgIpc) is 2.47. The maximum Gasteiger partial charge on any atom is 0.0897 e. The van der Waals surface area contributed by atoms with Crippen molar-refractivity contribution >= 4 is 0 Å². The predicted octanol–water partition coefficient (Wildman–Crippen LogP) is 1.33. The van der Waals surface area contributed by atoms with Gasteiger partial charge in [-0.3, -0.25) is 0 Å². The van der Waals surface area contributed by atoms with E-state index in [0.717, 1.165) is 31.6 Å². The summed E-state index contributed by atoms with van der Waals surface area (Å²) in [6.07, 6.45) is 1.75. The molecule has 4 heteroatoms. The quantitative estimate of drug-likeness (QED) is 0.781. The van der Waals surface area contributed by atoms with Gasteiger partial charge < -0.3 is 19.9 Å². The fraction of sp³-hybridized carbons (Fsp3) is 0.600. The van der Waals surface area contributed by atoms with E-state index in [4.69, 9.17) is 9.47 Å². The highest BCUT2D eigenvalue weighted by Crippen LogP contribution is 2.06. The van der Waals surface area contributed by atoms with Crippen LogP contribution >= 0.6 is 0 Å². The van der Waals surface area contributed by atoms with Crippen LogP contribution in [0.5, 0.6) is 0 Å². The van der Waals surface area contributed by atoms with Gasteiger partial charge in [-0.15, -0.1) is 0 Å². The van der Waals surface area contributed by atoms with Gasteiger partial charge in [0.1, 0.15) is 0 Å². The zero-order chi connectivity index (χ0) is 13.3. The number of aliphatic hydroxyl groups excluding tert-OH is 1. The van der Waals surface area contributed by atoms with E-state index in [2.05, 4.69) is 5.32 Å². The predicted molar refractivity (Wildman–Crippen MR) is 73.9 cm³/mol. The molecule has 106 valence electrons. The standard InChI is InChI=1S/C15H23NO3/c17-15(9-16-14-7-4-8-18-11-14)12-19-10-13-5-2-1-3-6-13/h1-3,5-6,14-17H,4,7-12H2. The highest BCUT2D eigenvalue weighted by atomic mass is 16.5. The van der Waals surface area contributed by atoms with Crippen molar-refractivity contribution in [3.05, 3.63) is 35.9 Å². The van der Waals surface area contributed by atoms with Crippen LogP contribution in [0.25, 0.3) is 0 Å². The zero-order valence-corrected chi connectivity index (χ0v) is 11.3. The van der Waals surface area contributed by atoms with Gasteiger partial charge in [-0.05, 0) is 18.4 Å². The van der Waals surface area contributed by atoms with Crippen LogP contribution in [0.3, 0.4) is 0 Å². The second-order valence-electron chi connectivity index (χ2n) is 4.98. The first-order valence-corrected chi connectivity index (χ1v) is 6.95. The number of nitrogens with one attached hydrogen (secondary N) is 1. The van der Waals surface area contributed by atoms with Crippen molar-refractivity contribution in [2.24, 2.45) is 0 Å². The van der Waals surface area contributed by atoms with E-state index < -0.39 is 6.10 Å². The van der Waals surface area contributed by atoms with Gasteiger partial charge in [-0.1, -0.05) is 30.3 Å². The molecule has 2 rings (SSSR count). The first kappa shape index (κ1) is 14.5. The lowest BCUT2D eigenvalue weighted by Crippen LogP contribution is -2.41. The number of ether oxygens (including phenoxy) is 2. The maximum atomic E-state index is 9.83. The average molecular weight is 265 g/mol. The van der Waals surface area contributed by atoms with Crippen LogP contribution in [0.1, 0.15) is 18.4 Å². The summed E-state index contributed by atoms with van der Waals surface area (Å²) in [6, 6.07) is 10.4. The molecule has 0 radical (unpaired) electrons. The van der Waals surface area contributed by atoms with Crippen molar-refractivity contribution < 1.29 is 14.6 Å². The molecule has 1 heterocycles. The molecule has 0 aliphatic carbocycles. The molecule has 0 amide bonds. The second kappa shape index (κ2) is 8.27. The molecule has 0 saturated carbocycles. The summed E-state index contributed by atoms with van der Waals surface area (Å²) in [5.41, 5.74) is 1.13. The molecular weight excluding hydrogens is 242 g/mol. The number of hydrogen-bond donors (Lipinski definition) is 2. The second-order valence-corrected chi connectivity index (χ2v) is 4.98. The van der Waals surface area contributed by atoms with Gasteiger partial charge in [0, 0.05) is 19.2 Å². The van der Waals surface area contributed by atoms with Crippen molar-refractivity contribution in [1.82, 2.24) is 5.32 Å². The molecule has 0 spiro atoms. The van der Waals surface area contributed by atoms with Gasteiger partial charge in [-0.2, -0.15) is 0 Å². The Bertz CT molecular complexity index is 339. The summed E-state index contributed by atoms with van der Waals surface area (Å²) in [7, 11) is 0. The van der Waals surface area contributed by atoms with Gasteiger partial charge in [0.2, 0.25) is 0 Å². The Morgan fingerprint density at radius 2 is 2.21 bits per heavy atom. The van der Waals surface area contributed by atoms with Crippen LogP contribution in [0.2, 0.25) is 0 Å². The Morgan fingerprint density at radius 1 is 1.37 bits per heavy atom. The molecule has 2 unspecified atom stereocenters. The van der Waals surface area contributed by atoms with E-state index in [1.807, 2.05) is 30.3 Å². The highest BCUT2D eigenvalue weighted by Gasteiger charge is 2.14. The summed E-state index contributed by atoms with van der Waals surface area (Å²) in [5.74, 6) is 0. The minimum Gasteiger partial charge on any atom is -0.389 e. The number of aliphatic hydroxyl groups is 1. The largest absolute Gasteiger partial charge is 0.389 e. The van der Waals surface area contributed by atoms with Gasteiger partial charge in [0.15, 0.2) is 0 Å². The van der Waals surface area contributed by atoms with Crippen molar-refractivity contribution in [3.8, 4) is 0 Å². The van der Waals surface area contributed by atoms with E-state index in [9.17, 15) is 5.11 Å². The van der Waals surface area contributed by atoms with Crippen LogP contribution in [-0.2, 0) is 16.1 Å². The molecule has 1 aromatic carbocycles. The Morgan fingerprint density at radius 3 is 2.95 bits per heavy atom. The molecule has 1 saturated heterocycles. The summed E-state index contributed by atoms with van der Waals surface area (Å²) >= 11 is 0. The zero-order valence-electron chi connectivity index (χ0n) is 11.3. The number of rotatable bonds is 7. The molecule has 4 nitrogen and oxygen atoms in total. The summed E-state index contributed by atoms with van der Waals surface area (Å²) in [5, 5.41) is 13.1. The molecule has 0 aromatic heterocycles. The van der Waals surface area contributed by atoms with Crippen molar-refractivity contribution in [1.29, 1.82) is 0 Å². The number of benzene rings is 1. The lowest BCUT2D eigenvalue weighted by molar-refractivity contribution is 0.0204. The van der Waals surface area contributed by atoms with E-state index >= 15 is 0 Å². The van der Waals surface area contributed by atoms with Crippen molar-refractivity contribution in [2.75, 3.05) is 26.4 Å². The lowest BCUT2D eigenvalue weighted by atomic mass is 10.1. The summed E-state index contributed by atoms with van der Waals surface area (Å²) < 4.78 is 10.9. The van der Waals surface area contributed by atoms with E-state index in [0.29, 0.717) is 25.8 Å². The Balaban J connectivity index is 1.55. The molecule has 1 fully saturated rings. The maximum absolute atomic E-state index is 9.83. The third-order valence-electron chi connectivity index (χ3n) is 3.22. The Kier molecular flexibility index (Phi) is 6.30. The van der Waals surface area contributed by atoms with Gasteiger partial charge in [0.05, 0.1) is 25.9 Å². The van der Waals surface area contributed by atoms with Gasteiger partial charge in [0.25, 0.3) is 0 Å². The molecule has 2 atom stereocenters. The minimum atomic E-state index is -0.467. The molecule has 0 bridgehead atoms. The van der Waals surface area contributed by atoms with E-state index in [1.165, 1.54) is 0 Å². The third-order valence-corrected chi connectivity index (χ3v) is 3.22. The Labute approximate surface area is 114 Å². The SMILES string of the molecule is OC(CNC1CCCOC1)COCc1ccccc1. The summed E-state index contributed by atoms with van der Waals surface area (Å²) in [4.78, 5) is 0. The highest BCUT2D eigenvalue weighted by molar-refractivity contribution is 5.13. The first-order valence-electron chi connectivity index (χ1n) is 6.95. The van der Waals surface area contributed by atoms with Gasteiger partial charge >= 0.3 is 0 Å². The van der Waals surface area contributed by atoms with Crippen LogP contribution in [-0.4, -0.2) is 43.6 Å². The van der Waals surface area contributed by atoms with Crippen LogP contribution < -0.4 is 5.32 Å². The van der Waals surface area contributed by atoms with Crippen molar-refractivity contribution in [3.63, 3.8) is 0 Å². The fourth-order valence-corrected chi connectivity index (χ4v) is 2.15. The molecule has 1 aliphatic heterocycles. The molecular formula is C15H23NO3. The first-order chi connectivity index (χ1) is 9.34. The monoisotopic (exact) mass is 265 g/mol. The third kappa shape index (κ3) is 5.70. The Hall–Kier alpha value is -0.940. The van der Waals surface area contributed by atoms with Crippen molar-refractivity contribution in [2.45, 2.75) is 31.6 Å². The number of hydrogen-bond acceptors (Lipinski definition) is 4. The molecule has 19 heavy (non-hydrogen) atoms. The van der Waals surface area contributed by atoms with E-state index in [-0.39, 0.29) is 0 Å². The van der Waals surface area contributed by atoms with E-state index in [1.54, 1.807) is 0 Å². The topological polar surface area (TPSA) is 50.7 Å². The molecule has 2 N–H and O–H groups in total. The minimum absolute atomic E-state index is 0.357. The van der Waals surface area contributed by atoms with Crippen LogP contribution in [0.15, 0.2) is 30.3 Å². The summed E-state index contributed by atoms with van der Waals surface area (Å²) in [6.45, 7) is 3.07. The normalized spacial score (nSPS) is 21.2. The van der Waals surface area contributed by atoms with Gasteiger partial charge in [-0.25, -0.2) is 0 Å².